The molecule has 3 aromatic rings. The highest BCUT2D eigenvalue weighted by atomic mass is 32.2. The Bertz CT molecular complexity index is 1020. The first kappa shape index (κ1) is 19.0. The largest absolute Gasteiger partial charge is 0.459 e. The summed E-state index contributed by atoms with van der Waals surface area (Å²) in [5.41, 5.74) is 1.59. The number of rotatable bonds is 5. The molecule has 142 valence electrons. The van der Waals surface area contributed by atoms with Crippen molar-refractivity contribution in [2.24, 2.45) is 0 Å². The van der Waals surface area contributed by atoms with Gasteiger partial charge in [0, 0.05) is 11.6 Å². The van der Waals surface area contributed by atoms with E-state index in [1.54, 1.807) is 12.1 Å². The number of carbonyl (C=O) groups excluding carboxylic acids is 1. The molecule has 2 atom stereocenters. The van der Waals surface area contributed by atoms with Crippen LogP contribution in [0.5, 0.6) is 0 Å². The van der Waals surface area contributed by atoms with Gasteiger partial charge in [0.25, 0.3) is 0 Å². The van der Waals surface area contributed by atoms with Gasteiger partial charge in [0.2, 0.25) is 0 Å². The van der Waals surface area contributed by atoms with Crippen LogP contribution in [0.15, 0.2) is 63.9 Å². The number of sulfone groups is 1. The first-order chi connectivity index (χ1) is 12.7. The molecule has 6 nitrogen and oxygen atoms in total. The Morgan fingerprint density at radius 2 is 1.59 bits per heavy atom. The fraction of sp³-hybridized carbons (Fsp3) is 0.250. The van der Waals surface area contributed by atoms with E-state index in [1.165, 1.54) is 12.1 Å². The number of amides is 2. The van der Waals surface area contributed by atoms with E-state index < -0.39 is 9.84 Å². The van der Waals surface area contributed by atoms with Crippen LogP contribution in [0.25, 0.3) is 11.0 Å². The fourth-order valence-corrected chi connectivity index (χ4v) is 3.44. The second kappa shape index (κ2) is 7.44. The zero-order valence-corrected chi connectivity index (χ0v) is 16.2. The third kappa shape index (κ3) is 4.49. The molecule has 0 radical (unpaired) electrons. The van der Waals surface area contributed by atoms with Gasteiger partial charge >= 0.3 is 6.03 Å². The van der Waals surface area contributed by atoms with Crippen LogP contribution in [0.3, 0.4) is 0 Å². The molecule has 7 heteroatoms. The van der Waals surface area contributed by atoms with Crippen molar-refractivity contribution in [1.29, 1.82) is 0 Å². The lowest BCUT2D eigenvalue weighted by Crippen LogP contribution is -2.38. The first-order valence-corrected chi connectivity index (χ1v) is 10.5. The van der Waals surface area contributed by atoms with Crippen molar-refractivity contribution in [2.75, 3.05) is 6.26 Å². The Balaban J connectivity index is 1.62. The fourth-order valence-electron chi connectivity index (χ4n) is 2.81. The van der Waals surface area contributed by atoms with Crippen molar-refractivity contribution < 1.29 is 17.6 Å². The number of fused-ring (bicyclic) bond motifs is 1. The van der Waals surface area contributed by atoms with E-state index >= 15 is 0 Å². The SMILES string of the molecule is C[C@H](NC(=O)N[C@@H](C)c1cc2ccccc2o1)c1ccc(S(C)(=O)=O)cc1. The number of urea groups is 1. The topological polar surface area (TPSA) is 88.4 Å². The van der Waals surface area contributed by atoms with Crippen LogP contribution in [0.2, 0.25) is 0 Å². The molecule has 2 N–H and O–H groups in total. The quantitative estimate of drug-likeness (QED) is 0.695. The van der Waals surface area contributed by atoms with E-state index in [-0.39, 0.29) is 23.0 Å². The standard InChI is InChI=1S/C20H22N2O4S/c1-13(15-8-10-17(11-9-15)27(3,24)25)21-20(23)22-14(2)19-12-16-6-4-5-7-18(16)26-19/h4-14H,1-3H3,(H2,21,22,23)/t13-,14-/m0/s1. The van der Waals surface area contributed by atoms with Gasteiger partial charge in [-0.25, -0.2) is 13.2 Å². The van der Waals surface area contributed by atoms with Gasteiger partial charge in [-0.1, -0.05) is 30.3 Å². The molecule has 3 rings (SSSR count). The van der Waals surface area contributed by atoms with Crippen LogP contribution in [-0.2, 0) is 9.84 Å². The monoisotopic (exact) mass is 386 g/mol. The molecule has 2 aromatic carbocycles. The Labute approximate surface area is 158 Å². The molecule has 1 aromatic heterocycles. The Kier molecular flexibility index (Phi) is 5.23. The number of carbonyl (C=O) groups is 1. The minimum absolute atomic E-state index is 0.251. The lowest BCUT2D eigenvalue weighted by Gasteiger charge is -2.17. The van der Waals surface area contributed by atoms with E-state index in [1.807, 2.05) is 44.2 Å². The second-order valence-corrected chi connectivity index (χ2v) is 8.60. The van der Waals surface area contributed by atoms with Crippen molar-refractivity contribution in [3.63, 3.8) is 0 Å². The molecule has 0 saturated heterocycles. The smallest absolute Gasteiger partial charge is 0.315 e. The van der Waals surface area contributed by atoms with Crippen LogP contribution in [0.1, 0.15) is 37.3 Å². The van der Waals surface area contributed by atoms with E-state index in [2.05, 4.69) is 10.6 Å². The van der Waals surface area contributed by atoms with Gasteiger partial charge in [-0.05, 0) is 43.7 Å². The summed E-state index contributed by atoms with van der Waals surface area (Å²) in [7, 11) is -3.24. The van der Waals surface area contributed by atoms with Crippen molar-refractivity contribution in [3.8, 4) is 0 Å². The molecule has 27 heavy (non-hydrogen) atoms. The average Bonchev–Trinajstić information content (AvgIpc) is 3.05. The number of para-hydroxylation sites is 1. The van der Waals surface area contributed by atoms with E-state index in [4.69, 9.17) is 4.42 Å². The summed E-state index contributed by atoms with van der Waals surface area (Å²) in [6.07, 6.45) is 1.16. The van der Waals surface area contributed by atoms with Crippen molar-refractivity contribution in [2.45, 2.75) is 30.8 Å². The van der Waals surface area contributed by atoms with Gasteiger partial charge in [-0.3, -0.25) is 0 Å². The lowest BCUT2D eigenvalue weighted by atomic mass is 10.1. The summed E-state index contributed by atoms with van der Waals surface area (Å²) in [6, 6.07) is 15.2. The molecule has 0 aliphatic carbocycles. The van der Waals surface area contributed by atoms with E-state index in [0.717, 1.165) is 22.8 Å². The van der Waals surface area contributed by atoms with Gasteiger partial charge in [-0.2, -0.15) is 0 Å². The minimum atomic E-state index is -3.24. The highest BCUT2D eigenvalue weighted by Crippen LogP contribution is 2.23. The molecule has 0 saturated carbocycles. The third-order valence-electron chi connectivity index (χ3n) is 4.37. The maximum Gasteiger partial charge on any atom is 0.315 e. The second-order valence-electron chi connectivity index (χ2n) is 6.59. The number of nitrogens with one attached hydrogen (secondary N) is 2. The third-order valence-corrected chi connectivity index (χ3v) is 5.50. The maximum absolute atomic E-state index is 12.3. The predicted octanol–water partition coefficient (Wildman–Crippen LogP) is 3.96. The molecule has 0 bridgehead atoms. The number of hydrogen-bond acceptors (Lipinski definition) is 4. The van der Waals surface area contributed by atoms with Gasteiger partial charge in [0.05, 0.1) is 17.0 Å². The average molecular weight is 386 g/mol. The molecule has 0 unspecified atom stereocenters. The van der Waals surface area contributed by atoms with Gasteiger partial charge < -0.3 is 15.1 Å². The van der Waals surface area contributed by atoms with E-state index in [0.29, 0.717) is 5.76 Å². The highest BCUT2D eigenvalue weighted by molar-refractivity contribution is 7.90. The molecule has 0 spiro atoms. The van der Waals surface area contributed by atoms with Crippen LogP contribution in [0, 0.1) is 0 Å². The molecular weight excluding hydrogens is 364 g/mol. The minimum Gasteiger partial charge on any atom is -0.459 e. The van der Waals surface area contributed by atoms with Crippen LogP contribution in [-0.4, -0.2) is 20.7 Å². The predicted molar refractivity (Wildman–Crippen MR) is 104 cm³/mol. The molecule has 0 aliphatic rings. The highest BCUT2D eigenvalue weighted by Gasteiger charge is 2.16. The zero-order chi connectivity index (χ0) is 19.6. The summed E-state index contributed by atoms with van der Waals surface area (Å²) < 4.78 is 28.8. The lowest BCUT2D eigenvalue weighted by molar-refractivity contribution is 0.233. The Hall–Kier alpha value is -2.80. The van der Waals surface area contributed by atoms with Gasteiger partial charge in [-0.15, -0.1) is 0 Å². The molecule has 0 fully saturated rings. The number of furan rings is 1. The van der Waals surface area contributed by atoms with Gasteiger partial charge in [0.1, 0.15) is 11.3 Å². The molecule has 0 aliphatic heterocycles. The number of benzene rings is 2. The number of hydrogen-bond donors (Lipinski definition) is 2. The van der Waals surface area contributed by atoms with E-state index in [9.17, 15) is 13.2 Å². The first-order valence-electron chi connectivity index (χ1n) is 8.59. The summed E-state index contributed by atoms with van der Waals surface area (Å²) >= 11 is 0. The Morgan fingerprint density at radius 3 is 2.22 bits per heavy atom. The zero-order valence-electron chi connectivity index (χ0n) is 15.4. The molecule has 1 heterocycles. The summed E-state index contributed by atoms with van der Waals surface area (Å²) in [4.78, 5) is 12.5. The Morgan fingerprint density at radius 1 is 0.963 bits per heavy atom. The van der Waals surface area contributed by atoms with Crippen LogP contribution < -0.4 is 10.6 Å². The molecular formula is C20H22N2O4S. The summed E-state index contributed by atoms with van der Waals surface area (Å²) in [5, 5.41) is 6.69. The molecule has 2 amide bonds. The van der Waals surface area contributed by atoms with Crippen LogP contribution >= 0.6 is 0 Å². The van der Waals surface area contributed by atoms with Crippen molar-refractivity contribution >= 4 is 26.8 Å². The maximum atomic E-state index is 12.3. The van der Waals surface area contributed by atoms with Crippen molar-refractivity contribution in [1.82, 2.24) is 10.6 Å². The van der Waals surface area contributed by atoms with Crippen molar-refractivity contribution in [3.05, 3.63) is 65.9 Å². The summed E-state index contributed by atoms with van der Waals surface area (Å²) in [6.45, 7) is 3.68. The van der Waals surface area contributed by atoms with Crippen LogP contribution in [0.4, 0.5) is 4.79 Å². The van der Waals surface area contributed by atoms with Gasteiger partial charge in [0.15, 0.2) is 9.84 Å². The normalized spacial score (nSPS) is 13.9. The summed E-state index contributed by atoms with van der Waals surface area (Å²) in [5.74, 6) is 0.677.